The first kappa shape index (κ1) is 15.7. The SMILES string of the molecule is CCCC(C)C(=O)N(C)C1CCNCC1.Cl. The van der Waals surface area contributed by atoms with Crippen LogP contribution in [0, 0.1) is 5.92 Å². The van der Waals surface area contributed by atoms with Crippen LogP contribution in [0.15, 0.2) is 0 Å². The molecule has 1 N–H and O–H groups in total. The lowest BCUT2D eigenvalue weighted by Crippen LogP contribution is -2.45. The van der Waals surface area contributed by atoms with Crippen molar-refractivity contribution in [3.8, 4) is 0 Å². The van der Waals surface area contributed by atoms with Crippen molar-refractivity contribution in [3.63, 3.8) is 0 Å². The van der Waals surface area contributed by atoms with Crippen LogP contribution in [-0.2, 0) is 4.79 Å². The summed E-state index contributed by atoms with van der Waals surface area (Å²) >= 11 is 0. The quantitative estimate of drug-likeness (QED) is 0.826. The zero-order valence-corrected chi connectivity index (χ0v) is 11.5. The van der Waals surface area contributed by atoms with E-state index in [1.165, 1.54) is 0 Å². The summed E-state index contributed by atoms with van der Waals surface area (Å²) in [5, 5.41) is 3.32. The van der Waals surface area contributed by atoms with Crippen LogP contribution in [0.4, 0.5) is 0 Å². The summed E-state index contributed by atoms with van der Waals surface area (Å²) in [6, 6.07) is 0.457. The number of nitrogens with one attached hydrogen (secondary N) is 1. The van der Waals surface area contributed by atoms with Crippen molar-refractivity contribution < 1.29 is 4.79 Å². The molecule has 1 amide bonds. The van der Waals surface area contributed by atoms with Crippen molar-refractivity contribution in [2.24, 2.45) is 5.92 Å². The van der Waals surface area contributed by atoms with E-state index in [-0.39, 0.29) is 18.3 Å². The molecule has 1 saturated heterocycles. The van der Waals surface area contributed by atoms with Crippen LogP contribution in [0.5, 0.6) is 0 Å². The lowest BCUT2D eigenvalue weighted by Gasteiger charge is -2.33. The van der Waals surface area contributed by atoms with E-state index in [9.17, 15) is 4.79 Å². The minimum Gasteiger partial charge on any atom is -0.342 e. The van der Waals surface area contributed by atoms with Gasteiger partial charge in [-0.1, -0.05) is 20.3 Å². The summed E-state index contributed by atoms with van der Waals surface area (Å²) in [7, 11) is 1.96. The first-order valence-electron chi connectivity index (χ1n) is 6.14. The number of amides is 1. The monoisotopic (exact) mass is 248 g/mol. The largest absolute Gasteiger partial charge is 0.342 e. The normalized spacial score (nSPS) is 18.7. The molecule has 0 aromatic rings. The topological polar surface area (TPSA) is 32.3 Å². The van der Waals surface area contributed by atoms with Crippen molar-refractivity contribution >= 4 is 18.3 Å². The molecule has 4 heteroatoms. The molecular formula is C12H25ClN2O. The van der Waals surface area contributed by atoms with E-state index in [1.54, 1.807) is 0 Å². The predicted molar refractivity (Wildman–Crippen MR) is 70.0 cm³/mol. The van der Waals surface area contributed by atoms with Gasteiger partial charge in [0.25, 0.3) is 0 Å². The Labute approximate surface area is 105 Å². The van der Waals surface area contributed by atoms with Crippen molar-refractivity contribution in [2.75, 3.05) is 20.1 Å². The van der Waals surface area contributed by atoms with Gasteiger partial charge in [0.15, 0.2) is 0 Å². The molecule has 1 atom stereocenters. The molecular weight excluding hydrogens is 224 g/mol. The zero-order chi connectivity index (χ0) is 11.3. The fourth-order valence-corrected chi connectivity index (χ4v) is 2.28. The highest BCUT2D eigenvalue weighted by atomic mass is 35.5. The maximum atomic E-state index is 12.0. The fraction of sp³-hybridized carbons (Fsp3) is 0.917. The van der Waals surface area contributed by atoms with Gasteiger partial charge in [-0.15, -0.1) is 12.4 Å². The minimum absolute atomic E-state index is 0. The Kier molecular flexibility index (Phi) is 7.77. The van der Waals surface area contributed by atoms with Crippen LogP contribution < -0.4 is 5.32 Å². The van der Waals surface area contributed by atoms with Crippen LogP contribution in [0.1, 0.15) is 39.5 Å². The lowest BCUT2D eigenvalue weighted by molar-refractivity contribution is -0.136. The number of carbonyl (C=O) groups excluding carboxylic acids is 1. The molecule has 0 spiro atoms. The van der Waals surface area contributed by atoms with E-state index in [0.29, 0.717) is 11.9 Å². The molecule has 1 unspecified atom stereocenters. The molecule has 1 rings (SSSR count). The van der Waals surface area contributed by atoms with Crippen molar-refractivity contribution in [1.82, 2.24) is 10.2 Å². The first-order valence-corrected chi connectivity index (χ1v) is 6.14. The summed E-state index contributed by atoms with van der Waals surface area (Å²) in [5.41, 5.74) is 0. The molecule has 1 fully saturated rings. The highest BCUT2D eigenvalue weighted by Gasteiger charge is 2.24. The summed E-state index contributed by atoms with van der Waals surface area (Å²) in [4.78, 5) is 14.0. The van der Waals surface area contributed by atoms with E-state index in [2.05, 4.69) is 12.2 Å². The van der Waals surface area contributed by atoms with Crippen LogP contribution in [0.25, 0.3) is 0 Å². The Bertz CT molecular complexity index is 205. The standard InChI is InChI=1S/C12H24N2O.ClH/c1-4-5-10(2)12(15)14(3)11-6-8-13-9-7-11;/h10-11,13H,4-9H2,1-3H3;1H. The van der Waals surface area contributed by atoms with Gasteiger partial charge in [0.05, 0.1) is 0 Å². The van der Waals surface area contributed by atoms with Crippen molar-refractivity contribution in [2.45, 2.75) is 45.6 Å². The van der Waals surface area contributed by atoms with Gasteiger partial charge in [-0.05, 0) is 32.4 Å². The zero-order valence-electron chi connectivity index (χ0n) is 10.7. The number of hydrogen-bond donors (Lipinski definition) is 1. The minimum atomic E-state index is 0. The van der Waals surface area contributed by atoms with Crippen LogP contribution in [-0.4, -0.2) is 37.0 Å². The number of piperidine rings is 1. The molecule has 1 aliphatic rings. The Morgan fingerprint density at radius 2 is 2.00 bits per heavy atom. The maximum Gasteiger partial charge on any atom is 0.225 e. The summed E-state index contributed by atoms with van der Waals surface area (Å²) in [6.07, 6.45) is 4.29. The number of rotatable bonds is 4. The summed E-state index contributed by atoms with van der Waals surface area (Å²) in [6.45, 7) is 6.27. The van der Waals surface area contributed by atoms with Gasteiger partial charge in [0.2, 0.25) is 5.91 Å². The van der Waals surface area contributed by atoms with E-state index < -0.39 is 0 Å². The molecule has 96 valence electrons. The third kappa shape index (κ3) is 4.30. The van der Waals surface area contributed by atoms with Gasteiger partial charge in [-0.3, -0.25) is 4.79 Å². The van der Waals surface area contributed by atoms with Crippen LogP contribution >= 0.6 is 12.4 Å². The van der Waals surface area contributed by atoms with Crippen LogP contribution in [0.2, 0.25) is 0 Å². The number of carbonyl (C=O) groups is 1. The van der Waals surface area contributed by atoms with Gasteiger partial charge in [-0.2, -0.15) is 0 Å². The second-order valence-electron chi connectivity index (χ2n) is 4.62. The van der Waals surface area contributed by atoms with Gasteiger partial charge in [0, 0.05) is 19.0 Å². The van der Waals surface area contributed by atoms with Crippen molar-refractivity contribution in [1.29, 1.82) is 0 Å². The van der Waals surface area contributed by atoms with Crippen molar-refractivity contribution in [3.05, 3.63) is 0 Å². The summed E-state index contributed by atoms with van der Waals surface area (Å²) in [5.74, 6) is 0.513. The highest BCUT2D eigenvalue weighted by molar-refractivity contribution is 5.85. The first-order chi connectivity index (χ1) is 7.16. The second-order valence-corrected chi connectivity index (χ2v) is 4.62. The average Bonchev–Trinajstić information content (AvgIpc) is 2.28. The summed E-state index contributed by atoms with van der Waals surface area (Å²) < 4.78 is 0. The lowest BCUT2D eigenvalue weighted by atomic mass is 10.0. The number of halogens is 1. The average molecular weight is 249 g/mol. The second kappa shape index (κ2) is 7.91. The fourth-order valence-electron chi connectivity index (χ4n) is 2.28. The van der Waals surface area contributed by atoms with E-state index >= 15 is 0 Å². The highest BCUT2D eigenvalue weighted by Crippen LogP contribution is 2.15. The van der Waals surface area contributed by atoms with Gasteiger partial charge < -0.3 is 10.2 Å². The van der Waals surface area contributed by atoms with E-state index in [0.717, 1.165) is 38.8 Å². The molecule has 0 aromatic carbocycles. The molecule has 0 saturated carbocycles. The van der Waals surface area contributed by atoms with E-state index in [1.807, 2.05) is 18.9 Å². The Morgan fingerprint density at radius 1 is 1.44 bits per heavy atom. The molecule has 16 heavy (non-hydrogen) atoms. The van der Waals surface area contributed by atoms with Gasteiger partial charge in [-0.25, -0.2) is 0 Å². The molecule has 3 nitrogen and oxygen atoms in total. The molecule has 0 radical (unpaired) electrons. The molecule has 0 aromatic heterocycles. The Morgan fingerprint density at radius 3 is 2.50 bits per heavy atom. The molecule has 1 aliphatic heterocycles. The van der Waals surface area contributed by atoms with Crippen LogP contribution in [0.3, 0.4) is 0 Å². The molecule has 0 aliphatic carbocycles. The maximum absolute atomic E-state index is 12.0. The molecule has 0 bridgehead atoms. The Balaban J connectivity index is 0.00000225. The van der Waals surface area contributed by atoms with Gasteiger partial charge in [0.1, 0.15) is 0 Å². The number of nitrogens with zero attached hydrogens (tertiary/aromatic N) is 1. The number of hydrogen-bond acceptors (Lipinski definition) is 2. The Hall–Kier alpha value is -0.280. The van der Waals surface area contributed by atoms with Gasteiger partial charge >= 0.3 is 0 Å². The third-order valence-corrected chi connectivity index (χ3v) is 3.35. The molecule has 1 heterocycles. The van der Waals surface area contributed by atoms with E-state index in [4.69, 9.17) is 0 Å². The third-order valence-electron chi connectivity index (χ3n) is 3.35. The predicted octanol–water partition coefficient (Wildman–Crippen LogP) is 2.05. The smallest absolute Gasteiger partial charge is 0.225 e.